The molecule has 1 aliphatic heterocycles. The highest BCUT2D eigenvalue weighted by atomic mass is 19.1. The number of methoxy groups -OCH3 is 1. The van der Waals surface area contributed by atoms with Gasteiger partial charge >= 0.3 is 12.1 Å². The number of para-hydroxylation sites is 1. The van der Waals surface area contributed by atoms with Crippen molar-refractivity contribution in [3.63, 3.8) is 0 Å². The van der Waals surface area contributed by atoms with Crippen LogP contribution in [0.1, 0.15) is 25.7 Å². The molecule has 0 radical (unpaired) electrons. The number of hydrogen-bond donors (Lipinski definition) is 2. The van der Waals surface area contributed by atoms with Crippen molar-refractivity contribution in [1.82, 2.24) is 34.9 Å². The number of ether oxygens (including phenoxy) is 1. The van der Waals surface area contributed by atoms with Crippen molar-refractivity contribution in [3.05, 3.63) is 107 Å². The van der Waals surface area contributed by atoms with Crippen LogP contribution in [0.15, 0.2) is 90.0 Å². The van der Waals surface area contributed by atoms with Crippen LogP contribution in [0, 0.1) is 5.82 Å². The SMILES string of the molecule is COC(=O)NC(C)C(=O)N1CCN(n2c(C(C)N(C(=O)Nc3ccc(F)cc3)c3cccc(-n4nccn4)c3)nc3ccccc3c2=O)CC1. The average Bonchev–Trinajstić information content (AvgIpc) is 3.68. The predicted octanol–water partition coefficient (Wildman–Crippen LogP) is 3.44. The Morgan fingerprint density at radius 1 is 0.920 bits per heavy atom. The first-order valence-electron chi connectivity index (χ1n) is 15.9. The van der Waals surface area contributed by atoms with E-state index in [0.717, 1.165) is 0 Å². The molecule has 2 N–H and O–H groups in total. The third-order valence-corrected chi connectivity index (χ3v) is 8.35. The minimum absolute atomic E-state index is 0.257. The number of halogens is 1. The molecule has 3 aromatic carbocycles. The number of benzene rings is 3. The topological polar surface area (TPSA) is 160 Å². The number of carbonyl (C=O) groups excluding carboxylic acids is 3. The van der Waals surface area contributed by atoms with Crippen LogP contribution in [-0.4, -0.2) is 86.9 Å². The first-order chi connectivity index (χ1) is 24.1. The fourth-order valence-electron chi connectivity index (χ4n) is 5.84. The van der Waals surface area contributed by atoms with Gasteiger partial charge in [0.25, 0.3) is 5.56 Å². The molecule has 0 bridgehead atoms. The second-order valence-corrected chi connectivity index (χ2v) is 11.6. The third-order valence-electron chi connectivity index (χ3n) is 8.35. The molecule has 2 aromatic heterocycles. The van der Waals surface area contributed by atoms with Crippen molar-refractivity contribution in [1.29, 1.82) is 0 Å². The van der Waals surface area contributed by atoms with Crippen molar-refractivity contribution in [2.75, 3.05) is 48.5 Å². The number of hydrogen-bond acceptors (Lipinski definition) is 9. The summed E-state index contributed by atoms with van der Waals surface area (Å²) in [5.41, 5.74) is 1.49. The zero-order chi connectivity index (χ0) is 35.4. The number of piperazine rings is 1. The van der Waals surface area contributed by atoms with Crippen molar-refractivity contribution in [2.24, 2.45) is 0 Å². The van der Waals surface area contributed by atoms with E-state index in [1.807, 2.05) is 0 Å². The maximum Gasteiger partial charge on any atom is 0.407 e. The Labute approximate surface area is 285 Å². The lowest BCUT2D eigenvalue weighted by Gasteiger charge is -2.39. The number of rotatable bonds is 8. The van der Waals surface area contributed by atoms with Gasteiger partial charge in [0, 0.05) is 24.5 Å². The van der Waals surface area contributed by atoms with Crippen LogP contribution in [0.4, 0.5) is 25.4 Å². The molecule has 2 atom stereocenters. The zero-order valence-electron chi connectivity index (χ0n) is 27.6. The van der Waals surface area contributed by atoms with Gasteiger partial charge in [0.2, 0.25) is 5.91 Å². The molecule has 3 heterocycles. The van der Waals surface area contributed by atoms with Gasteiger partial charge in [-0.05, 0) is 68.4 Å². The summed E-state index contributed by atoms with van der Waals surface area (Å²) in [6.45, 7) is 4.37. The molecule has 0 saturated carbocycles. The molecule has 4 amide bonds. The van der Waals surface area contributed by atoms with Crippen molar-refractivity contribution in [3.8, 4) is 5.69 Å². The number of anilines is 2. The lowest BCUT2D eigenvalue weighted by molar-refractivity contribution is -0.133. The second-order valence-electron chi connectivity index (χ2n) is 11.6. The van der Waals surface area contributed by atoms with Crippen LogP contribution in [0.25, 0.3) is 16.6 Å². The summed E-state index contributed by atoms with van der Waals surface area (Å²) in [5, 5.41) is 15.9. The summed E-state index contributed by atoms with van der Waals surface area (Å²) < 4.78 is 19.8. The molecule has 0 aliphatic carbocycles. The molecule has 1 saturated heterocycles. The monoisotopic (exact) mass is 682 g/mol. The van der Waals surface area contributed by atoms with E-state index in [1.54, 1.807) is 72.3 Å². The summed E-state index contributed by atoms with van der Waals surface area (Å²) in [4.78, 5) is 62.6. The van der Waals surface area contributed by atoms with Gasteiger partial charge in [-0.2, -0.15) is 15.0 Å². The first kappa shape index (κ1) is 33.6. The maximum absolute atomic E-state index is 14.3. The number of aromatic nitrogens is 5. The Morgan fingerprint density at radius 2 is 1.62 bits per heavy atom. The molecular weight excluding hydrogens is 647 g/mol. The summed E-state index contributed by atoms with van der Waals surface area (Å²) in [6, 6.07) is 17.1. The van der Waals surface area contributed by atoms with Crippen LogP contribution in [-0.2, 0) is 9.53 Å². The van der Waals surface area contributed by atoms with Gasteiger partial charge in [0.1, 0.15) is 11.9 Å². The Morgan fingerprint density at radius 3 is 2.32 bits per heavy atom. The summed E-state index contributed by atoms with van der Waals surface area (Å²) in [6.07, 6.45) is 2.36. The Hall–Kier alpha value is -6.32. The van der Waals surface area contributed by atoms with Crippen LogP contribution < -0.4 is 26.1 Å². The van der Waals surface area contributed by atoms with Gasteiger partial charge < -0.3 is 25.3 Å². The predicted molar refractivity (Wildman–Crippen MR) is 183 cm³/mol. The fraction of sp³-hybridized carbons (Fsp3) is 0.265. The lowest BCUT2D eigenvalue weighted by Crippen LogP contribution is -2.59. The maximum atomic E-state index is 14.3. The molecule has 16 heteroatoms. The molecule has 6 rings (SSSR count). The molecule has 1 fully saturated rings. The fourth-order valence-corrected chi connectivity index (χ4v) is 5.84. The van der Waals surface area contributed by atoms with Gasteiger partial charge in [-0.25, -0.2) is 23.6 Å². The van der Waals surface area contributed by atoms with Crippen molar-refractivity contribution in [2.45, 2.75) is 25.9 Å². The molecule has 50 heavy (non-hydrogen) atoms. The van der Waals surface area contributed by atoms with E-state index in [9.17, 15) is 23.6 Å². The van der Waals surface area contributed by atoms with E-state index >= 15 is 0 Å². The first-order valence-corrected chi connectivity index (χ1v) is 15.9. The van der Waals surface area contributed by atoms with E-state index < -0.39 is 30.0 Å². The molecule has 15 nitrogen and oxygen atoms in total. The number of fused-ring (bicyclic) bond motifs is 1. The van der Waals surface area contributed by atoms with E-state index in [0.29, 0.717) is 28.0 Å². The second kappa shape index (κ2) is 14.4. The highest BCUT2D eigenvalue weighted by molar-refractivity contribution is 6.02. The van der Waals surface area contributed by atoms with E-state index in [1.165, 1.54) is 58.1 Å². The highest BCUT2D eigenvalue weighted by Crippen LogP contribution is 2.29. The Balaban J connectivity index is 1.39. The van der Waals surface area contributed by atoms with E-state index in [-0.39, 0.29) is 43.5 Å². The normalized spacial score (nSPS) is 14.2. The van der Waals surface area contributed by atoms with E-state index in [2.05, 4.69) is 25.6 Å². The lowest BCUT2D eigenvalue weighted by atomic mass is 10.1. The number of amides is 4. The van der Waals surface area contributed by atoms with Crippen molar-refractivity contribution < 1.29 is 23.5 Å². The quantitative estimate of drug-likeness (QED) is 0.250. The summed E-state index contributed by atoms with van der Waals surface area (Å²) in [7, 11) is 1.22. The molecule has 1 aliphatic rings. The van der Waals surface area contributed by atoms with Crippen LogP contribution in [0.2, 0.25) is 0 Å². The highest BCUT2D eigenvalue weighted by Gasteiger charge is 2.32. The standard InChI is InChI=1S/C34H35FN10O5/c1-22(38-34(49)50-3)31(46)41-17-19-42(20-18-41)44-30(40-29-10-5-4-9-28(29)32(44)47)23(2)43(33(48)39-25-13-11-24(35)12-14-25)26-7-6-8-27(21-26)45-36-15-16-37-45/h4-16,21-23H,17-20H2,1-3H3,(H,38,49)(H,39,48). The number of carbonyl (C=O) groups is 3. The van der Waals surface area contributed by atoms with Gasteiger partial charge in [-0.1, -0.05) is 18.2 Å². The number of nitrogens with zero attached hydrogens (tertiary/aromatic N) is 8. The minimum Gasteiger partial charge on any atom is -0.453 e. The molecule has 0 spiro atoms. The Bertz CT molecular complexity index is 2060. The van der Waals surface area contributed by atoms with E-state index in [4.69, 9.17) is 4.98 Å². The largest absolute Gasteiger partial charge is 0.453 e. The van der Waals surface area contributed by atoms with Crippen LogP contribution in [0.5, 0.6) is 0 Å². The van der Waals surface area contributed by atoms with Crippen LogP contribution >= 0.6 is 0 Å². The van der Waals surface area contributed by atoms with Crippen molar-refractivity contribution >= 4 is 40.3 Å². The van der Waals surface area contributed by atoms with Crippen LogP contribution in [0.3, 0.4) is 0 Å². The average molecular weight is 683 g/mol. The molecule has 5 aromatic rings. The molecule has 2 unspecified atom stereocenters. The summed E-state index contributed by atoms with van der Waals surface area (Å²) in [5.74, 6) is -0.470. The zero-order valence-corrected chi connectivity index (χ0v) is 27.6. The van der Waals surface area contributed by atoms with Gasteiger partial charge in [-0.3, -0.25) is 14.5 Å². The third kappa shape index (κ3) is 6.94. The molecular formula is C34H35FN10O5. The smallest absolute Gasteiger partial charge is 0.407 e. The van der Waals surface area contributed by atoms with Gasteiger partial charge in [-0.15, -0.1) is 0 Å². The number of alkyl carbamates (subject to hydrolysis) is 1. The number of urea groups is 1. The molecule has 258 valence electrons. The summed E-state index contributed by atoms with van der Waals surface area (Å²) >= 11 is 0. The van der Waals surface area contributed by atoms with Gasteiger partial charge in [0.15, 0.2) is 5.82 Å². The number of nitrogens with one attached hydrogen (secondary N) is 2. The van der Waals surface area contributed by atoms with Gasteiger partial charge in [0.05, 0.1) is 55.2 Å². The Kier molecular flexibility index (Phi) is 9.69. The minimum atomic E-state index is -0.850.